The standard InChI is InChI=1S/C8H10Cl3NO4/c1-2-12-3-4(7(12)13)15-8(14)16-6(11)5(9)10/h4-6H,2-3H2,1H3. The third-order valence-electron chi connectivity index (χ3n) is 2.00. The fraction of sp³-hybridized carbons (Fsp3) is 0.750. The van der Waals surface area contributed by atoms with Crippen molar-refractivity contribution in [2.24, 2.45) is 0 Å². The molecule has 2 unspecified atom stereocenters. The second kappa shape index (κ2) is 5.80. The number of halogens is 3. The summed E-state index contributed by atoms with van der Waals surface area (Å²) in [7, 11) is 0. The molecule has 16 heavy (non-hydrogen) atoms. The Kier molecular flexibility index (Phi) is 4.95. The molecule has 0 spiro atoms. The van der Waals surface area contributed by atoms with Gasteiger partial charge in [-0.25, -0.2) is 4.79 Å². The van der Waals surface area contributed by atoms with E-state index in [1.165, 1.54) is 4.90 Å². The van der Waals surface area contributed by atoms with Crippen LogP contribution in [0, 0.1) is 0 Å². The third kappa shape index (κ3) is 3.30. The SMILES string of the molecule is CCN1CC(OC(=O)OC(Cl)C(Cl)Cl)C1=O. The molecule has 8 heteroatoms. The summed E-state index contributed by atoms with van der Waals surface area (Å²) in [5, 5.41) is 0. The second-order valence-electron chi connectivity index (χ2n) is 3.04. The summed E-state index contributed by atoms with van der Waals surface area (Å²) < 4.78 is 9.20. The summed E-state index contributed by atoms with van der Waals surface area (Å²) in [4.78, 5) is 22.8. The Bertz CT molecular complexity index is 286. The lowest BCUT2D eigenvalue weighted by atomic mass is 10.1. The minimum atomic E-state index is -1.20. The monoisotopic (exact) mass is 289 g/mol. The Balaban J connectivity index is 2.29. The van der Waals surface area contributed by atoms with Crippen LogP contribution in [0.3, 0.4) is 0 Å². The molecular weight excluding hydrogens is 280 g/mol. The highest BCUT2D eigenvalue weighted by atomic mass is 35.5. The number of rotatable bonds is 4. The first-order chi connectivity index (χ1) is 7.45. The molecule has 1 aliphatic rings. The summed E-state index contributed by atoms with van der Waals surface area (Å²) in [5.41, 5.74) is -1.20. The Morgan fingerprint density at radius 1 is 1.56 bits per heavy atom. The van der Waals surface area contributed by atoms with E-state index < -0.39 is 22.7 Å². The topological polar surface area (TPSA) is 55.8 Å². The summed E-state index contributed by atoms with van der Waals surface area (Å²) in [6, 6.07) is 0. The molecule has 0 aliphatic carbocycles. The normalized spacial score (nSPS) is 21.7. The number of alkyl halides is 3. The second-order valence-corrected chi connectivity index (χ2v) is 4.63. The van der Waals surface area contributed by atoms with E-state index in [1.54, 1.807) is 0 Å². The highest BCUT2D eigenvalue weighted by Gasteiger charge is 2.39. The molecule has 92 valence electrons. The average Bonchev–Trinajstić information content (AvgIpc) is 2.22. The van der Waals surface area contributed by atoms with Crippen LogP contribution in [-0.4, -0.2) is 46.6 Å². The predicted octanol–water partition coefficient (Wildman–Crippen LogP) is 1.74. The van der Waals surface area contributed by atoms with Crippen LogP contribution in [0.25, 0.3) is 0 Å². The van der Waals surface area contributed by atoms with Gasteiger partial charge in [0.25, 0.3) is 5.91 Å². The van der Waals surface area contributed by atoms with Crippen molar-refractivity contribution in [3.8, 4) is 0 Å². The van der Waals surface area contributed by atoms with E-state index in [-0.39, 0.29) is 5.91 Å². The first-order valence-electron chi connectivity index (χ1n) is 4.54. The molecule has 0 radical (unpaired) electrons. The van der Waals surface area contributed by atoms with Gasteiger partial charge in [-0.15, -0.1) is 0 Å². The molecule has 0 aromatic heterocycles. The summed E-state index contributed by atoms with van der Waals surface area (Å²) in [6.07, 6.45) is -1.85. The van der Waals surface area contributed by atoms with Gasteiger partial charge >= 0.3 is 6.16 Å². The van der Waals surface area contributed by atoms with E-state index in [9.17, 15) is 9.59 Å². The van der Waals surface area contributed by atoms with Crippen molar-refractivity contribution >= 4 is 46.9 Å². The van der Waals surface area contributed by atoms with E-state index >= 15 is 0 Å². The van der Waals surface area contributed by atoms with Crippen molar-refractivity contribution in [2.75, 3.05) is 13.1 Å². The Hall–Kier alpha value is -0.390. The van der Waals surface area contributed by atoms with Gasteiger partial charge in [0.1, 0.15) is 0 Å². The van der Waals surface area contributed by atoms with Crippen molar-refractivity contribution in [3.05, 3.63) is 0 Å². The van der Waals surface area contributed by atoms with E-state index in [2.05, 4.69) is 4.74 Å². The first kappa shape index (κ1) is 13.7. The maximum Gasteiger partial charge on any atom is 0.510 e. The van der Waals surface area contributed by atoms with Crippen LogP contribution in [-0.2, 0) is 14.3 Å². The Morgan fingerprint density at radius 3 is 2.62 bits per heavy atom. The number of likely N-dealkylation sites (N-methyl/N-ethyl adjacent to an activating group) is 1. The fourth-order valence-corrected chi connectivity index (χ4v) is 1.29. The number of hydrogen-bond acceptors (Lipinski definition) is 4. The third-order valence-corrected chi connectivity index (χ3v) is 3.06. The quantitative estimate of drug-likeness (QED) is 0.449. The van der Waals surface area contributed by atoms with Gasteiger partial charge in [0.2, 0.25) is 11.7 Å². The summed E-state index contributed by atoms with van der Waals surface area (Å²) in [6.45, 7) is 2.77. The van der Waals surface area contributed by atoms with E-state index in [1.807, 2.05) is 6.92 Å². The predicted molar refractivity (Wildman–Crippen MR) is 58.7 cm³/mol. The molecule has 0 bridgehead atoms. The minimum Gasteiger partial charge on any atom is -0.419 e. The number of carbonyl (C=O) groups is 2. The number of amides is 1. The van der Waals surface area contributed by atoms with E-state index in [4.69, 9.17) is 39.5 Å². The minimum absolute atomic E-state index is 0.251. The van der Waals surface area contributed by atoms with Gasteiger partial charge in [-0.1, -0.05) is 34.8 Å². The maximum atomic E-state index is 11.3. The van der Waals surface area contributed by atoms with Crippen LogP contribution in [0.2, 0.25) is 0 Å². The van der Waals surface area contributed by atoms with Crippen LogP contribution in [0.5, 0.6) is 0 Å². The first-order valence-corrected chi connectivity index (χ1v) is 5.85. The number of β-lactam (4-membered cyclic amide) rings is 1. The highest BCUT2D eigenvalue weighted by Crippen LogP contribution is 2.18. The maximum absolute atomic E-state index is 11.3. The van der Waals surface area contributed by atoms with Gasteiger partial charge < -0.3 is 14.4 Å². The number of ether oxygens (including phenoxy) is 2. The van der Waals surface area contributed by atoms with E-state index in [0.29, 0.717) is 13.1 Å². The number of nitrogens with zero attached hydrogens (tertiary/aromatic N) is 1. The van der Waals surface area contributed by atoms with Crippen LogP contribution in [0.1, 0.15) is 6.92 Å². The lowest BCUT2D eigenvalue weighted by molar-refractivity contribution is -0.157. The average molecular weight is 291 g/mol. The zero-order valence-electron chi connectivity index (χ0n) is 8.36. The number of likely N-dealkylation sites (tertiary alicyclic amines) is 1. The molecular formula is C8H10Cl3NO4. The fourth-order valence-electron chi connectivity index (χ4n) is 1.12. The molecule has 1 aliphatic heterocycles. The Morgan fingerprint density at radius 2 is 2.19 bits per heavy atom. The Labute approximate surface area is 108 Å². The van der Waals surface area contributed by atoms with Gasteiger partial charge in [-0.05, 0) is 6.92 Å². The molecule has 0 aromatic rings. The van der Waals surface area contributed by atoms with Crippen molar-refractivity contribution in [2.45, 2.75) is 23.4 Å². The van der Waals surface area contributed by atoms with Gasteiger partial charge in [0.15, 0.2) is 4.84 Å². The molecule has 0 aromatic carbocycles. The molecule has 0 saturated carbocycles. The molecule has 5 nitrogen and oxygen atoms in total. The number of hydrogen-bond donors (Lipinski definition) is 0. The molecule has 1 rings (SSSR count). The molecule has 1 saturated heterocycles. The van der Waals surface area contributed by atoms with Crippen LogP contribution in [0.15, 0.2) is 0 Å². The molecule has 0 N–H and O–H groups in total. The summed E-state index contributed by atoms with van der Waals surface area (Å²) >= 11 is 16.2. The van der Waals surface area contributed by atoms with Crippen LogP contribution >= 0.6 is 34.8 Å². The van der Waals surface area contributed by atoms with Crippen molar-refractivity contribution in [1.29, 1.82) is 0 Å². The smallest absolute Gasteiger partial charge is 0.419 e. The lowest BCUT2D eigenvalue weighted by Crippen LogP contribution is -2.58. The van der Waals surface area contributed by atoms with Crippen molar-refractivity contribution < 1.29 is 19.1 Å². The highest BCUT2D eigenvalue weighted by molar-refractivity contribution is 6.48. The van der Waals surface area contributed by atoms with Gasteiger partial charge in [-0.3, -0.25) is 4.79 Å². The van der Waals surface area contributed by atoms with Crippen LogP contribution in [0.4, 0.5) is 4.79 Å². The van der Waals surface area contributed by atoms with Gasteiger partial charge in [-0.2, -0.15) is 0 Å². The van der Waals surface area contributed by atoms with Crippen LogP contribution < -0.4 is 0 Å². The molecule has 1 heterocycles. The molecule has 1 amide bonds. The zero-order valence-corrected chi connectivity index (χ0v) is 10.6. The number of carbonyl (C=O) groups excluding carboxylic acids is 2. The van der Waals surface area contributed by atoms with E-state index in [0.717, 1.165) is 0 Å². The molecule has 1 fully saturated rings. The lowest BCUT2D eigenvalue weighted by Gasteiger charge is -2.36. The zero-order chi connectivity index (χ0) is 12.3. The van der Waals surface area contributed by atoms with Gasteiger partial charge in [0, 0.05) is 6.54 Å². The van der Waals surface area contributed by atoms with Crippen molar-refractivity contribution in [3.63, 3.8) is 0 Å². The largest absolute Gasteiger partial charge is 0.510 e. The summed E-state index contributed by atoms with van der Waals surface area (Å²) in [5.74, 6) is -0.251. The molecule has 2 atom stereocenters. The van der Waals surface area contributed by atoms with Gasteiger partial charge in [0.05, 0.1) is 6.54 Å². The van der Waals surface area contributed by atoms with Crippen molar-refractivity contribution in [1.82, 2.24) is 4.90 Å².